The molecule has 0 aliphatic rings. The zero-order valence-corrected chi connectivity index (χ0v) is 12.3. The van der Waals surface area contributed by atoms with Crippen molar-refractivity contribution in [3.8, 4) is 5.75 Å². The summed E-state index contributed by atoms with van der Waals surface area (Å²) in [5, 5.41) is 0. The van der Waals surface area contributed by atoms with Crippen molar-refractivity contribution in [1.82, 2.24) is 0 Å². The molecule has 0 spiro atoms. The van der Waals surface area contributed by atoms with Crippen LogP contribution >= 0.6 is 0 Å². The van der Waals surface area contributed by atoms with E-state index in [2.05, 4.69) is 6.92 Å². The van der Waals surface area contributed by atoms with E-state index in [4.69, 9.17) is 10.5 Å². The van der Waals surface area contributed by atoms with Gasteiger partial charge in [0.25, 0.3) is 0 Å². The molecule has 0 saturated heterocycles. The summed E-state index contributed by atoms with van der Waals surface area (Å²) in [6.45, 7) is 2.30. The topological polar surface area (TPSA) is 69.4 Å². The van der Waals surface area contributed by atoms with E-state index in [0.717, 1.165) is 25.7 Å². The Hall–Kier alpha value is -1.23. The zero-order chi connectivity index (χ0) is 14.1. The summed E-state index contributed by atoms with van der Waals surface area (Å²) < 4.78 is 28.9. The maximum atomic E-state index is 11.7. The summed E-state index contributed by atoms with van der Waals surface area (Å²) in [6.07, 6.45) is 3.93. The molecule has 5 heteroatoms. The van der Waals surface area contributed by atoms with E-state index >= 15 is 0 Å². The van der Waals surface area contributed by atoms with Crippen LogP contribution in [-0.4, -0.2) is 26.5 Å². The molecule has 0 atom stereocenters. The van der Waals surface area contributed by atoms with Gasteiger partial charge in [0.05, 0.1) is 11.5 Å². The Morgan fingerprint density at radius 1 is 1.05 bits per heavy atom. The number of nitrogen functional groups attached to an aromatic ring is 1. The van der Waals surface area contributed by atoms with Crippen molar-refractivity contribution in [2.75, 3.05) is 23.8 Å². The first kappa shape index (κ1) is 15.8. The fourth-order valence-corrected chi connectivity index (χ4v) is 2.89. The van der Waals surface area contributed by atoms with E-state index in [9.17, 15) is 8.42 Å². The lowest BCUT2D eigenvalue weighted by Crippen LogP contribution is -2.17. The van der Waals surface area contributed by atoms with Crippen LogP contribution in [-0.2, 0) is 9.84 Å². The summed E-state index contributed by atoms with van der Waals surface area (Å²) in [6, 6.07) is 6.94. The second kappa shape index (κ2) is 8.04. The van der Waals surface area contributed by atoms with E-state index in [0.29, 0.717) is 11.4 Å². The number of hydrogen-bond donors (Lipinski definition) is 1. The van der Waals surface area contributed by atoms with Gasteiger partial charge in [-0.05, 0) is 30.7 Å². The van der Waals surface area contributed by atoms with E-state index in [1.165, 1.54) is 0 Å². The minimum Gasteiger partial charge on any atom is -0.493 e. The molecule has 0 bridgehead atoms. The third-order valence-electron chi connectivity index (χ3n) is 2.85. The average molecular weight is 285 g/mol. The lowest BCUT2D eigenvalue weighted by Gasteiger charge is -2.07. The van der Waals surface area contributed by atoms with Gasteiger partial charge in [-0.3, -0.25) is 0 Å². The van der Waals surface area contributed by atoms with Gasteiger partial charge in [-0.15, -0.1) is 0 Å². The molecule has 0 radical (unpaired) electrons. The van der Waals surface area contributed by atoms with Gasteiger partial charge in [0.15, 0.2) is 9.84 Å². The average Bonchev–Trinajstić information content (AvgIpc) is 2.37. The van der Waals surface area contributed by atoms with Crippen LogP contribution in [0.1, 0.15) is 32.6 Å². The SMILES string of the molecule is CCCCCCS(=O)(=O)CCOc1ccc(N)cc1. The molecule has 1 rings (SSSR count). The van der Waals surface area contributed by atoms with Gasteiger partial charge in [-0.2, -0.15) is 0 Å². The van der Waals surface area contributed by atoms with Gasteiger partial charge in [-0.1, -0.05) is 26.2 Å². The van der Waals surface area contributed by atoms with Crippen LogP contribution in [0.15, 0.2) is 24.3 Å². The summed E-state index contributed by atoms with van der Waals surface area (Å²) in [7, 11) is -2.99. The maximum Gasteiger partial charge on any atom is 0.153 e. The van der Waals surface area contributed by atoms with Gasteiger partial charge in [-0.25, -0.2) is 8.42 Å². The Kier molecular flexibility index (Phi) is 6.70. The fourth-order valence-electron chi connectivity index (χ4n) is 1.70. The standard InChI is InChI=1S/C14H23NO3S/c1-2-3-4-5-11-19(16,17)12-10-18-14-8-6-13(15)7-9-14/h6-9H,2-5,10-12,15H2,1H3. The Balaban J connectivity index is 2.25. The van der Waals surface area contributed by atoms with Crippen LogP contribution in [0.5, 0.6) is 5.75 Å². The van der Waals surface area contributed by atoms with Crippen LogP contribution < -0.4 is 10.5 Å². The summed E-state index contributed by atoms with van der Waals surface area (Å²) in [4.78, 5) is 0. The molecule has 1 aromatic carbocycles. The molecule has 0 saturated carbocycles. The number of ether oxygens (including phenoxy) is 1. The van der Waals surface area contributed by atoms with Crippen LogP contribution in [0.25, 0.3) is 0 Å². The minimum absolute atomic E-state index is 0.0729. The lowest BCUT2D eigenvalue weighted by molar-refractivity contribution is 0.341. The zero-order valence-electron chi connectivity index (χ0n) is 11.5. The van der Waals surface area contributed by atoms with Crippen LogP contribution in [0.3, 0.4) is 0 Å². The van der Waals surface area contributed by atoms with Gasteiger partial charge in [0.2, 0.25) is 0 Å². The molecule has 0 aliphatic heterocycles. The first-order valence-electron chi connectivity index (χ1n) is 6.72. The Labute approximate surface area is 115 Å². The summed E-state index contributed by atoms with van der Waals surface area (Å²) >= 11 is 0. The van der Waals surface area contributed by atoms with Crippen molar-refractivity contribution in [2.45, 2.75) is 32.6 Å². The Bertz CT molecular complexity index is 454. The van der Waals surface area contributed by atoms with Crippen LogP contribution in [0.2, 0.25) is 0 Å². The predicted octanol–water partition coefficient (Wildman–Crippen LogP) is 2.64. The van der Waals surface area contributed by atoms with Gasteiger partial charge >= 0.3 is 0 Å². The maximum absolute atomic E-state index is 11.7. The number of rotatable bonds is 9. The molecule has 108 valence electrons. The number of sulfone groups is 1. The first-order valence-corrected chi connectivity index (χ1v) is 8.54. The predicted molar refractivity (Wildman–Crippen MR) is 79.1 cm³/mol. The van der Waals surface area contributed by atoms with Crippen molar-refractivity contribution in [2.24, 2.45) is 0 Å². The number of unbranched alkanes of at least 4 members (excludes halogenated alkanes) is 3. The van der Waals surface area contributed by atoms with E-state index in [1.807, 2.05) is 0 Å². The van der Waals surface area contributed by atoms with Crippen molar-refractivity contribution >= 4 is 15.5 Å². The van der Waals surface area contributed by atoms with E-state index in [1.54, 1.807) is 24.3 Å². The molecule has 0 aromatic heterocycles. The van der Waals surface area contributed by atoms with Crippen molar-refractivity contribution in [3.05, 3.63) is 24.3 Å². The number of nitrogens with two attached hydrogens (primary N) is 1. The molecule has 0 heterocycles. The highest BCUT2D eigenvalue weighted by atomic mass is 32.2. The highest BCUT2D eigenvalue weighted by molar-refractivity contribution is 7.91. The molecule has 19 heavy (non-hydrogen) atoms. The fraction of sp³-hybridized carbons (Fsp3) is 0.571. The molecule has 2 N–H and O–H groups in total. The molecular formula is C14H23NO3S. The Morgan fingerprint density at radius 2 is 1.74 bits per heavy atom. The van der Waals surface area contributed by atoms with Crippen LogP contribution in [0.4, 0.5) is 5.69 Å². The molecule has 1 aromatic rings. The van der Waals surface area contributed by atoms with Gasteiger partial charge in [0, 0.05) is 5.69 Å². The van der Waals surface area contributed by atoms with E-state index < -0.39 is 9.84 Å². The summed E-state index contributed by atoms with van der Waals surface area (Å²) in [5.41, 5.74) is 6.22. The van der Waals surface area contributed by atoms with Crippen LogP contribution in [0, 0.1) is 0 Å². The molecule has 4 nitrogen and oxygen atoms in total. The second-order valence-electron chi connectivity index (χ2n) is 4.63. The van der Waals surface area contributed by atoms with Crippen molar-refractivity contribution < 1.29 is 13.2 Å². The normalized spacial score (nSPS) is 11.4. The number of hydrogen-bond acceptors (Lipinski definition) is 4. The second-order valence-corrected chi connectivity index (χ2v) is 6.93. The minimum atomic E-state index is -2.99. The third kappa shape index (κ3) is 7.06. The largest absolute Gasteiger partial charge is 0.493 e. The first-order chi connectivity index (χ1) is 9.03. The molecule has 0 unspecified atom stereocenters. The molecular weight excluding hydrogens is 262 g/mol. The molecule has 0 aliphatic carbocycles. The molecule has 0 fully saturated rings. The number of benzene rings is 1. The van der Waals surface area contributed by atoms with Gasteiger partial charge in [0.1, 0.15) is 12.4 Å². The summed E-state index contributed by atoms with van der Waals surface area (Å²) in [5.74, 6) is 0.983. The van der Waals surface area contributed by atoms with E-state index in [-0.39, 0.29) is 18.1 Å². The highest BCUT2D eigenvalue weighted by Crippen LogP contribution is 2.13. The van der Waals surface area contributed by atoms with Crippen molar-refractivity contribution in [3.63, 3.8) is 0 Å². The molecule has 0 amide bonds. The van der Waals surface area contributed by atoms with Crippen molar-refractivity contribution in [1.29, 1.82) is 0 Å². The number of anilines is 1. The monoisotopic (exact) mass is 285 g/mol. The van der Waals surface area contributed by atoms with Gasteiger partial charge < -0.3 is 10.5 Å². The Morgan fingerprint density at radius 3 is 2.37 bits per heavy atom. The highest BCUT2D eigenvalue weighted by Gasteiger charge is 2.10. The third-order valence-corrected chi connectivity index (χ3v) is 4.55. The quantitative estimate of drug-likeness (QED) is 0.559. The lowest BCUT2D eigenvalue weighted by atomic mass is 10.2. The smallest absolute Gasteiger partial charge is 0.153 e.